The zero-order valence-electron chi connectivity index (χ0n) is 17.4. The Morgan fingerprint density at radius 3 is 2.41 bits per heavy atom. The van der Waals surface area contributed by atoms with Crippen LogP contribution in [0, 0.1) is 17.0 Å². The molecule has 2 aromatic carbocycles. The van der Waals surface area contributed by atoms with Gasteiger partial charge in [0.2, 0.25) is 0 Å². The van der Waals surface area contributed by atoms with Gasteiger partial charge in [-0.15, -0.1) is 0 Å². The molecule has 0 aromatic heterocycles. The lowest BCUT2D eigenvalue weighted by molar-refractivity contribution is -0.384. The molecule has 0 radical (unpaired) electrons. The third-order valence-electron chi connectivity index (χ3n) is 5.51. The van der Waals surface area contributed by atoms with Gasteiger partial charge in [-0.25, -0.2) is 0 Å². The van der Waals surface area contributed by atoms with Gasteiger partial charge in [-0.2, -0.15) is 0 Å². The number of nitro benzene ring substituents is 1. The van der Waals surface area contributed by atoms with E-state index in [4.69, 9.17) is 11.6 Å². The summed E-state index contributed by atoms with van der Waals surface area (Å²) in [6.45, 7) is 5.19. The van der Waals surface area contributed by atoms with Crippen molar-refractivity contribution in [3.63, 3.8) is 0 Å². The molecule has 2 heterocycles. The monoisotopic (exact) mass is 472 g/mol. The average molecular weight is 473 g/mol. The lowest BCUT2D eigenvalue weighted by Crippen LogP contribution is -2.50. The van der Waals surface area contributed by atoms with Crippen molar-refractivity contribution in [1.82, 2.24) is 9.80 Å². The molecule has 10 heteroatoms. The van der Waals surface area contributed by atoms with Crippen molar-refractivity contribution in [2.24, 2.45) is 0 Å². The maximum Gasteiger partial charge on any atom is 0.294 e. The van der Waals surface area contributed by atoms with E-state index < -0.39 is 4.92 Å². The topological polar surface area (TPSA) is 87.0 Å². The molecule has 2 aliphatic heterocycles. The summed E-state index contributed by atoms with van der Waals surface area (Å²) in [6.07, 6.45) is 1.59. The second kappa shape index (κ2) is 9.32. The van der Waals surface area contributed by atoms with Crippen LogP contribution in [-0.2, 0) is 4.79 Å². The van der Waals surface area contributed by atoms with Gasteiger partial charge >= 0.3 is 0 Å². The number of piperazine rings is 1. The van der Waals surface area contributed by atoms with Gasteiger partial charge in [0.25, 0.3) is 16.8 Å². The molecule has 0 atom stereocenters. The van der Waals surface area contributed by atoms with Crippen LogP contribution in [0.1, 0.15) is 11.1 Å². The van der Waals surface area contributed by atoms with Crippen LogP contribution in [-0.4, -0.2) is 58.7 Å². The van der Waals surface area contributed by atoms with Crippen molar-refractivity contribution in [1.29, 1.82) is 0 Å². The van der Waals surface area contributed by atoms with Crippen molar-refractivity contribution in [3.05, 3.63) is 73.6 Å². The maximum absolute atomic E-state index is 12.8. The number of aryl methyl sites for hydroxylation is 1. The Hall–Kier alpha value is -2.88. The van der Waals surface area contributed by atoms with Crippen molar-refractivity contribution >= 4 is 52.0 Å². The number of anilines is 1. The van der Waals surface area contributed by atoms with Gasteiger partial charge in [0.05, 0.1) is 16.5 Å². The molecule has 2 aliphatic rings. The minimum absolute atomic E-state index is 0.0256. The number of nitro groups is 1. The van der Waals surface area contributed by atoms with Crippen molar-refractivity contribution in [2.45, 2.75) is 6.92 Å². The van der Waals surface area contributed by atoms with E-state index in [1.54, 1.807) is 18.2 Å². The van der Waals surface area contributed by atoms with Crippen LogP contribution in [0.25, 0.3) is 6.08 Å². The lowest BCUT2D eigenvalue weighted by Gasteiger charge is -2.37. The number of benzene rings is 2. The van der Waals surface area contributed by atoms with Gasteiger partial charge in [0.1, 0.15) is 0 Å². The van der Waals surface area contributed by atoms with Crippen LogP contribution >= 0.6 is 23.4 Å². The molecule has 0 spiro atoms. The normalized spacial score (nSPS) is 18.6. The second-order valence-electron chi connectivity index (χ2n) is 7.64. The first kappa shape index (κ1) is 22.3. The number of nitrogens with zero attached hydrogens (tertiary/aromatic N) is 4. The van der Waals surface area contributed by atoms with Gasteiger partial charge < -0.3 is 4.90 Å². The lowest BCUT2D eigenvalue weighted by atomic mass is 10.2. The second-order valence-corrected chi connectivity index (χ2v) is 9.04. The van der Waals surface area contributed by atoms with E-state index in [1.807, 2.05) is 19.1 Å². The molecule has 0 aliphatic carbocycles. The molecule has 4 rings (SSSR count). The van der Waals surface area contributed by atoms with E-state index >= 15 is 0 Å². The van der Waals surface area contributed by atoms with Crippen LogP contribution in [0.15, 0.2) is 47.4 Å². The summed E-state index contributed by atoms with van der Waals surface area (Å²) < 4.78 is 0. The molecule has 0 saturated carbocycles. The van der Waals surface area contributed by atoms with Gasteiger partial charge in [-0.3, -0.25) is 29.5 Å². The predicted molar refractivity (Wildman–Crippen MR) is 126 cm³/mol. The molecule has 0 unspecified atom stereocenters. The summed E-state index contributed by atoms with van der Waals surface area (Å²) in [6, 6.07) is 11.9. The zero-order valence-corrected chi connectivity index (χ0v) is 18.9. The number of carbonyl (C=O) groups excluding carboxylic acids is 2. The summed E-state index contributed by atoms with van der Waals surface area (Å²) in [4.78, 5) is 41.4. The molecular formula is C22H21ClN4O4S. The number of carbonyl (C=O) groups is 2. The standard InChI is InChI=1S/C22H21ClN4O4S/c1-15-2-5-18(13-19(15)23)25-10-8-24(9-11-25)14-26-21(28)20(32-22(26)29)12-16-3-6-17(7-4-16)27(30)31/h2-7,12-13H,8-11,14H2,1H3/b20-12+. The summed E-state index contributed by atoms with van der Waals surface area (Å²) in [7, 11) is 0. The molecule has 2 saturated heterocycles. The number of halogens is 1. The number of hydrogen-bond donors (Lipinski definition) is 0. The molecular weight excluding hydrogens is 452 g/mol. The van der Waals surface area contributed by atoms with Crippen LogP contribution in [0.5, 0.6) is 0 Å². The predicted octanol–water partition coefficient (Wildman–Crippen LogP) is 4.37. The molecule has 2 amide bonds. The van der Waals surface area contributed by atoms with Crippen molar-refractivity contribution < 1.29 is 14.5 Å². The Kier molecular flexibility index (Phi) is 6.50. The van der Waals surface area contributed by atoms with E-state index in [9.17, 15) is 19.7 Å². The molecule has 8 nitrogen and oxygen atoms in total. The molecule has 0 N–H and O–H groups in total. The number of hydrogen-bond acceptors (Lipinski definition) is 7. The zero-order chi connectivity index (χ0) is 22.8. The number of imide groups is 1. The molecule has 166 valence electrons. The van der Waals surface area contributed by atoms with Gasteiger partial charge in [0.15, 0.2) is 0 Å². The largest absolute Gasteiger partial charge is 0.369 e. The van der Waals surface area contributed by atoms with E-state index in [0.717, 1.165) is 41.1 Å². The number of non-ortho nitro benzene ring substituents is 1. The van der Waals surface area contributed by atoms with Gasteiger partial charge in [-0.1, -0.05) is 17.7 Å². The first-order valence-electron chi connectivity index (χ1n) is 10.0. The minimum atomic E-state index is -0.481. The number of amides is 2. The smallest absolute Gasteiger partial charge is 0.294 e. The van der Waals surface area contributed by atoms with Crippen LogP contribution in [0.3, 0.4) is 0 Å². The Labute approximate surface area is 194 Å². The minimum Gasteiger partial charge on any atom is -0.369 e. The summed E-state index contributed by atoms with van der Waals surface area (Å²) in [5.41, 5.74) is 2.71. The quantitative estimate of drug-likeness (QED) is 0.362. The fraction of sp³-hybridized carbons (Fsp3) is 0.273. The van der Waals surface area contributed by atoms with E-state index in [-0.39, 0.29) is 23.5 Å². The SMILES string of the molecule is Cc1ccc(N2CCN(CN3C(=O)S/C(=C/c4ccc([N+](=O)[O-])cc4)C3=O)CC2)cc1Cl. The van der Waals surface area contributed by atoms with Crippen molar-refractivity contribution in [2.75, 3.05) is 37.7 Å². The van der Waals surface area contributed by atoms with E-state index in [1.165, 1.54) is 17.0 Å². The molecule has 2 fully saturated rings. The van der Waals surface area contributed by atoms with E-state index in [0.29, 0.717) is 23.6 Å². The Morgan fingerprint density at radius 2 is 1.78 bits per heavy atom. The third-order valence-corrected chi connectivity index (χ3v) is 6.82. The van der Waals surface area contributed by atoms with Crippen LogP contribution < -0.4 is 4.90 Å². The highest BCUT2D eigenvalue weighted by Crippen LogP contribution is 2.33. The third kappa shape index (κ3) is 4.79. The fourth-order valence-corrected chi connectivity index (χ4v) is 4.60. The Morgan fingerprint density at radius 1 is 1.09 bits per heavy atom. The fourth-order valence-electron chi connectivity index (χ4n) is 3.59. The summed E-state index contributed by atoms with van der Waals surface area (Å²) >= 11 is 7.13. The summed E-state index contributed by atoms with van der Waals surface area (Å²) in [5, 5.41) is 11.2. The van der Waals surface area contributed by atoms with Gasteiger partial charge in [0, 0.05) is 49.0 Å². The molecule has 32 heavy (non-hydrogen) atoms. The highest BCUT2D eigenvalue weighted by Gasteiger charge is 2.36. The van der Waals surface area contributed by atoms with Gasteiger partial charge in [-0.05, 0) is 60.2 Å². The average Bonchev–Trinajstić information content (AvgIpc) is 3.04. The Bertz CT molecular complexity index is 1100. The van der Waals surface area contributed by atoms with Crippen LogP contribution in [0.4, 0.5) is 16.2 Å². The summed E-state index contributed by atoms with van der Waals surface area (Å²) in [5.74, 6) is -0.342. The highest BCUT2D eigenvalue weighted by molar-refractivity contribution is 8.18. The van der Waals surface area contributed by atoms with Crippen molar-refractivity contribution in [3.8, 4) is 0 Å². The maximum atomic E-state index is 12.8. The first-order valence-corrected chi connectivity index (χ1v) is 11.2. The molecule has 0 bridgehead atoms. The van der Waals surface area contributed by atoms with E-state index in [2.05, 4.69) is 15.9 Å². The highest BCUT2D eigenvalue weighted by atomic mass is 35.5. The molecule has 2 aromatic rings. The van der Waals surface area contributed by atoms with Crippen LogP contribution in [0.2, 0.25) is 5.02 Å². The number of rotatable bonds is 5. The number of thioether (sulfide) groups is 1. The first-order chi connectivity index (χ1) is 15.3. The Balaban J connectivity index is 1.36.